The standard InChI is InChI=1S/C12H10N4O2S/c1-19-10-4-2-3-9(7(10)5-13)16-6-8(14)11(15-16)12(17)18/h2-4,6H,14H2,1H3,(H,17,18). The molecule has 0 saturated heterocycles. The molecule has 0 aliphatic heterocycles. The Kier molecular flexibility index (Phi) is 3.44. The highest BCUT2D eigenvalue weighted by Crippen LogP contribution is 2.26. The molecule has 0 bridgehead atoms. The van der Waals surface area contributed by atoms with Crippen molar-refractivity contribution in [3.05, 3.63) is 35.7 Å². The van der Waals surface area contributed by atoms with Crippen LogP contribution < -0.4 is 5.73 Å². The van der Waals surface area contributed by atoms with Crippen LogP contribution in [0.3, 0.4) is 0 Å². The fraction of sp³-hybridized carbons (Fsp3) is 0.0833. The van der Waals surface area contributed by atoms with Crippen molar-refractivity contribution < 1.29 is 9.90 Å². The Labute approximate surface area is 113 Å². The van der Waals surface area contributed by atoms with Gasteiger partial charge in [-0.25, -0.2) is 9.48 Å². The zero-order valence-electron chi connectivity index (χ0n) is 9.99. The maximum Gasteiger partial charge on any atom is 0.358 e. The van der Waals surface area contributed by atoms with E-state index in [4.69, 9.17) is 10.8 Å². The number of nitriles is 1. The van der Waals surface area contributed by atoms with E-state index < -0.39 is 5.97 Å². The van der Waals surface area contributed by atoms with Crippen molar-refractivity contribution in [2.75, 3.05) is 12.0 Å². The number of thioether (sulfide) groups is 1. The number of carbonyl (C=O) groups is 1. The van der Waals surface area contributed by atoms with E-state index >= 15 is 0 Å². The van der Waals surface area contributed by atoms with Gasteiger partial charge in [-0.15, -0.1) is 11.8 Å². The summed E-state index contributed by atoms with van der Waals surface area (Å²) in [5.41, 5.74) is 6.37. The van der Waals surface area contributed by atoms with Crippen molar-refractivity contribution in [1.82, 2.24) is 9.78 Å². The lowest BCUT2D eigenvalue weighted by Gasteiger charge is -2.07. The van der Waals surface area contributed by atoms with E-state index in [1.807, 2.05) is 12.3 Å². The maximum atomic E-state index is 10.9. The van der Waals surface area contributed by atoms with Crippen LogP contribution in [0.5, 0.6) is 0 Å². The third-order valence-corrected chi connectivity index (χ3v) is 3.31. The number of rotatable bonds is 3. The topological polar surface area (TPSA) is 105 Å². The van der Waals surface area contributed by atoms with Gasteiger partial charge in [0.05, 0.1) is 23.1 Å². The van der Waals surface area contributed by atoms with Gasteiger partial charge in [0, 0.05) is 4.90 Å². The molecule has 1 aromatic carbocycles. The maximum absolute atomic E-state index is 10.9. The van der Waals surface area contributed by atoms with Crippen LogP contribution in [0.15, 0.2) is 29.3 Å². The first-order chi connectivity index (χ1) is 9.08. The number of carboxylic acid groups (broad SMARTS) is 1. The Morgan fingerprint density at radius 2 is 2.32 bits per heavy atom. The van der Waals surface area contributed by atoms with Gasteiger partial charge in [0.1, 0.15) is 6.07 Å². The van der Waals surface area contributed by atoms with E-state index in [1.165, 1.54) is 22.6 Å². The van der Waals surface area contributed by atoms with Gasteiger partial charge in [-0.05, 0) is 18.4 Å². The molecule has 1 aromatic heterocycles. The van der Waals surface area contributed by atoms with Crippen molar-refractivity contribution in [1.29, 1.82) is 5.26 Å². The molecule has 6 nitrogen and oxygen atoms in total. The predicted molar refractivity (Wildman–Crippen MR) is 71.4 cm³/mol. The molecule has 0 spiro atoms. The summed E-state index contributed by atoms with van der Waals surface area (Å²) in [5.74, 6) is -1.20. The second kappa shape index (κ2) is 5.04. The van der Waals surface area contributed by atoms with E-state index in [1.54, 1.807) is 12.1 Å². The van der Waals surface area contributed by atoms with Gasteiger partial charge in [0.25, 0.3) is 0 Å². The van der Waals surface area contributed by atoms with Crippen LogP contribution in [-0.2, 0) is 0 Å². The van der Waals surface area contributed by atoms with E-state index in [9.17, 15) is 10.1 Å². The van der Waals surface area contributed by atoms with Crippen molar-refractivity contribution in [3.63, 3.8) is 0 Å². The summed E-state index contributed by atoms with van der Waals surface area (Å²) < 4.78 is 1.32. The molecule has 0 radical (unpaired) electrons. The Balaban J connectivity index is 2.63. The molecule has 0 aliphatic carbocycles. The minimum atomic E-state index is -1.20. The number of anilines is 1. The smallest absolute Gasteiger partial charge is 0.358 e. The van der Waals surface area contributed by atoms with Crippen LogP contribution in [0.4, 0.5) is 5.69 Å². The number of nitrogens with zero attached hydrogens (tertiary/aromatic N) is 3. The highest BCUT2D eigenvalue weighted by Gasteiger charge is 2.16. The number of aromatic carboxylic acids is 1. The molecule has 1 heterocycles. The molecular formula is C12H10N4O2S. The molecule has 19 heavy (non-hydrogen) atoms. The van der Waals surface area contributed by atoms with Gasteiger partial charge in [-0.1, -0.05) is 6.07 Å². The zero-order chi connectivity index (χ0) is 14.0. The minimum absolute atomic E-state index is 0.0611. The first kappa shape index (κ1) is 13.0. The van der Waals surface area contributed by atoms with E-state index in [0.717, 1.165) is 4.90 Å². The van der Waals surface area contributed by atoms with Crippen molar-refractivity contribution in [2.45, 2.75) is 4.90 Å². The Morgan fingerprint density at radius 1 is 1.58 bits per heavy atom. The average molecular weight is 274 g/mol. The monoisotopic (exact) mass is 274 g/mol. The van der Waals surface area contributed by atoms with Gasteiger partial charge >= 0.3 is 5.97 Å². The highest BCUT2D eigenvalue weighted by atomic mass is 32.2. The highest BCUT2D eigenvalue weighted by molar-refractivity contribution is 7.98. The van der Waals surface area contributed by atoms with Gasteiger partial charge in [-0.3, -0.25) is 0 Å². The average Bonchev–Trinajstić information content (AvgIpc) is 2.79. The normalized spacial score (nSPS) is 10.1. The molecule has 0 atom stereocenters. The summed E-state index contributed by atoms with van der Waals surface area (Å²) in [6.07, 6.45) is 3.25. The molecule has 7 heteroatoms. The molecule has 0 unspecified atom stereocenters. The second-order valence-corrected chi connectivity index (χ2v) is 4.50. The molecule has 0 amide bonds. The largest absolute Gasteiger partial charge is 0.476 e. The summed E-state index contributed by atoms with van der Waals surface area (Å²) in [5, 5.41) is 22.0. The molecule has 2 rings (SSSR count). The van der Waals surface area contributed by atoms with Crippen LogP contribution in [0.25, 0.3) is 5.69 Å². The van der Waals surface area contributed by atoms with Crippen LogP contribution in [0.2, 0.25) is 0 Å². The second-order valence-electron chi connectivity index (χ2n) is 3.65. The number of carboxylic acids is 1. The number of nitrogens with two attached hydrogens (primary N) is 1. The number of benzene rings is 1. The molecule has 96 valence electrons. The Hall–Kier alpha value is -2.46. The van der Waals surface area contributed by atoms with Gasteiger partial charge < -0.3 is 10.8 Å². The van der Waals surface area contributed by atoms with Crippen molar-refractivity contribution in [3.8, 4) is 11.8 Å². The summed E-state index contributed by atoms with van der Waals surface area (Å²) in [6, 6.07) is 7.39. The van der Waals surface area contributed by atoms with Crippen LogP contribution in [0, 0.1) is 11.3 Å². The van der Waals surface area contributed by atoms with Crippen molar-refractivity contribution in [2.24, 2.45) is 0 Å². The summed E-state index contributed by atoms with van der Waals surface area (Å²) >= 11 is 1.43. The molecule has 0 fully saturated rings. The Morgan fingerprint density at radius 3 is 2.84 bits per heavy atom. The van der Waals surface area contributed by atoms with Crippen molar-refractivity contribution >= 4 is 23.4 Å². The summed E-state index contributed by atoms with van der Waals surface area (Å²) in [6.45, 7) is 0. The molecule has 2 aromatic rings. The van der Waals surface area contributed by atoms with Crippen LogP contribution in [-0.4, -0.2) is 27.1 Å². The molecule has 3 N–H and O–H groups in total. The lowest BCUT2D eigenvalue weighted by Crippen LogP contribution is -2.04. The first-order valence-corrected chi connectivity index (χ1v) is 6.47. The van der Waals surface area contributed by atoms with E-state index in [0.29, 0.717) is 11.3 Å². The molecule has 0 aliphatic rings. The lowest BCUT2D eigenvalue weighted by atomic mass is 10.2. The quantitative estimate of drug-likeness (QED) is 0.826. The fourth-order valence-corrected chi connectivity index (χ4v) is 2.24. The lowest BCUT2D eigenvalue weighted by molar-refractivity contribution is 0.0691. The summed E-state index contributed by atoms with van der Waals surface area (Å²) in [4.78, 5) is 11.7. The number of hydrogen-bond donors (Lipinski definition) is 2. The van der Waals surface area contributed by atoms with Gasteiger partial charge in [0.15, 0.2) is 5.69 Å². The minimum Gasteiger partial charge on any atom is -0.476 e. The van der Waals surface area contributed by atoms with Gasteiger partial charge in [-0.2, -0.15) is 10.4 Å². The zero-order valence-corrected chi connectivity index (χ0v) is 10.8. The third-order valence-electron chi connectivity index (χ3n) is 2.53. The van der Waals surface area contributed by atoms with E-state index in [2.05, 4.69) is 11.2 Å². The van der Waals surface area contributed by atoms with Gasteiger partial charge in [0.2, 0.25) is 0 Å². The van der Waals surface area contributed by atoms with Crippen LogP contribution in [0.1, 0.15) is 16.1 Å². The molecular weight excluding hydrogens is 264 g/mol. The SMILES string of the molecule is CSc1cccc(-n2cc(N)c(C(=O)O)n2)c1C#N. The first-order valence-electron chi connectivity index (χ1n) is 5.24. The molecule has 0 saturated carbocycles. The Bertz CT molecular complexity index is 688. The van der Waals surface area contributed by atoms with E-state index in [-0.39, 0.29) is 11.4 Å². The number of aromatic nitrogens is 2. The number of nitrogen functional groups attached to an aromatic ring is 1. The van der Waals surface area contributed by atoms with Crippen LogP contribution >= 0.6 is 11.8 Å². The third kappa shape index (κ3) is 2.26. The predicted octanol–water partition coefficient (Wildman–Crippen LogP) is 1.75. The number of hydrogen-bond acceptors (Lipinski definition) is 5. The fourth-order valence-electron chi connectivity index (χ4n) is 1.67. The summed E-state index contributed by atoms with van der Waals surface area (Å²) in [7, 11) is 0.